The molecule has 0 heteroatoms. The zero-order chi connectivity index (χ0) is 13.0. The molecule has 0 atom stereocenters. The van der Waals surface area contributed by atoms with Crippen molar-refractivity contribution in [3.63, 3.8) is 0 Å². The Balaban J connectivity index is 2.38. The molecule has 0 radical (unpaired) electrons. The first kappa shape index (κ1) is 12.4. The van der Waals surface area contributed by atoms with Crippen molar-refractivity contribution in [1.82, 2.24) is 0 Å². The molecule has 0 amide bonds. The summed E-state index contributed by atoms with van der Waals surface area (Å²) in [6, 6.07) is 16.9. The average Bonchev–Trinajstić information content (AvgIpc) is 2.40. The van der Waals surface area contributed by atoms with E-state index in [4.69, 9.17) is 0 Å². The number of benzene rings is 2. The van der Waals surface area contributed by atoms with Crippen LogP contribution in [0.3, 0.4) is 0 Å². The summed E-state index contributed by atoms with van der Waals surface area (Å²) >= 11 is 0. The number of allylic oxidation sites excluding steroid dienone is 1. The average molecular weight is 234 g/mol. The van der Waals surface area contributed by atoms with E-state index in [9.17, 15) is 0 Å². The lowest BCUT2D eigenvalue weighted by atomic mass is 10.0. The molecule has 2 aromatic rings. The summed E-state index contributed by atoms with van der Waals surface area (Å²) in [5, 5.41) is 0. The Labute approximate surface area is 109 Å². The molecule has 18 heavy (non-hydrogen) atoms. The molecule has 2 aromatic carbocycles. The quantitative estimate of drug-likeness (QED) is 0.640. The topological polar surface area (TPSA) is 0 Å². The molecule has 0 aliphatic rings. The van der Waals surface area contributed by atoms with Gasteiger partial charge < -0.3 is 0 Å². The predicted octanol–water partition coefficient (Wildman–Crippen LogP) is 5.20. The van der Waals surface area contributed by atoms with Crippen LogP contribution in [-0.4, -0.2) is 0 Å². The fourth-order valence-corrected chi connectivity index (χ4v) is 1.96. The molecule has 2 rings (SSSR count). The minimum atomic E-state index is 1.17. The van der Waals surface area contributed by atoms with Crippen LogP contribution in [-0.2, 0) is 0 Å². The van der Waals surface area contributed by atoms with E-state index >= 15 is 0 Å². The van der Waals surface area contributed by atoms with Crippen LogP contribution in [0.5, 0.6) is 0 Å². The van der Waals surface area contributed by atoms with Crippen molar-refractivity contribution in [2.24, 2.45) is 0 Å². The minimum Gasteiger partial charge on any atom is -0.0984 e. The predicted molar refractivity (Wildman–Crippen MR) is 81.3 cm³/mol. The summed E-state index contributed by atoms with van der Waals surface area (Å²) in [7, 11) is 0. The van der Waals surface area contributed by atoms with E-state index in [0.29, 0.717) is 0 Å². The summed E-state index contributed by atoms with van der Waals surface area (Å²) in [6.45, 7) is 8.10. The van der Waals surface area contributed by atoms with Gasteiger partial charge in [-0.1, -0.05) is 72.8 Å². The molecular weight excluding hydrogens is 216 g/mol. The van der Waals surface area contributed by atoms with E-state index in [1.54, 1.807) is 0 Å². The van der Waals surface area contributed by atoms with Gasteiger partial charge in [-0.05, 0) is 36.1 Å². The van der Waals surface area contributed by atoms with Crippen molar-refractivity contribution in [2.75, 3.05) is 0 Å². The molecule has 0 saturated carbocycles. The smallest absolute Gasteiger partial charge is 0.0181 e. The molecule has 0 unspecified atom stereocenters. The largest absolute Gasteiger partial charge is 0.0984 e. The highest BCUT2D eigenvalue weighted by Gasteiger charge is 1.98. The lowest BCUT2D eigenvalue weighted by Gasteiger charge is -2.05. The Bertz CT molecular complexity index is 571. The normalized spacial score (nSPS) is 11.3. The lowest BCUT2D eigenvalue weighted by molar-refractivity contribution is 1.45. The van der Waals surface area contributed by atoms with Crippen molar-refractivity contribution >= 4 is 17.7 Å². The molecule has 0 aliphatic heterocycles. The van der Waals surface area contributed by atoms with E-state index < -0.39 is 0 Å². The summed E-state index contributed by atoms with van der Waals surface area (Å²) in [6.07, 6.45) is 4.11. The highest BCUT2D eigenvalue weighted by atomic mass is 14.0. The highest BCUT2D eigenvalue weighted by molar-refractivity contribution is 5.82. The maximum atomic E-state index is 3.85. The van der Waals surface area contributed by atoms with Crippen LogP contribution in [0, 0.1) is 6.92 Å². The molecule has 0 spiro atoms. The van der Waals surface area contributed by atoms with Crippen LogP contribution >= 0.6 is 0 Å². The Morgan fingerprint density at radius 3 is 2.17 bits per heavy atom. The van der Waals surface area contributed by atoms with E-state index in [0.717, 1.165) is 0 Å². The number of hydrogen-bond acceptors (Lipinski definition) is 0. The van der Waals surface area contributed by atoms with Gasteiger partial charge in [-0.25, -0.2) is 0 Å². The van der Waals surface area contributed by atoms with Gasteiger partial charge in [0.25, 0.3) is 0 Å². The molecule has 0 heterocycles. The number of aryl methyl sites for hydroxylation is 1. The minimum absolute atomic E-state index is 1.17. The zero-order valence-electron chi connectivity index (χ0n) is 11.0. The van der Waals surface area contributed by atoms with Gasteiger partial charge in [0.05, 0.1) is 0 Å². The Morgan fingerprint density at radius 1 is 0.944 bits per heavy atom. The maximum absolute atomic E-state index is 3.85. The van der Waals surface area contributed by atoms with Gasteiger partial charge in [0.15, 0.2) is 0 Å². The lowest BCUT2D eigenvalue weighted by Crippen LogP contribution is -1.83. The second kappa shape index (κ2) is 5.50. The first-order valence-electron chi connectivity index (χ1n) is 6.17. The van der Waals surface area contributed by atoms with Crippen LogP contribution < -0.4 is 0 Å². The van der Waals surface area contributed by atoms with Gasteiger partial charge in [-0.3, -0.25) is 0 Å². The van der Waals surface area contributed by atoms with Gasteiger partial charge in [-0.2, -0.15) is 0 Å². The Morgan fingerprint density at radius 2 is 1.56 bits per heavy atom. The van der Waals surface area contributed by atoms with Crippen molar-refractivity contribution in [2.45, 2.75) is 13.8 Å². The van der Waals surface area contributed by atoms with Crippen LogP contribution in [0.4, 0.5) is 0 Å². The van der Waals surface area contributed by atoms with Gasteiger partial charge in [0.2, 0.25) is 0 Å². The van der Waals surface area contributed by atoms with Crippen molar-refractivity contribution in [3.8, 4) is 0 Å². The molecular formula is C18H18. The SMILES string of the molecule is C=Cc1ccccc1/C=C(\C)c1ccc(C)cc1. The van der Waals surface area contributed by atoms with Gasteiger partial charge in [0.1, 0.15) is 0 Å². The van der Waals surface area contributed by atoms with Crippen LogP contribution in [0.2, 0.25) is 0 Å². The van der Waals surface area contributed by atoms with Gasteiger partial charge in [-0.15, -0.1) is 0 Å². The van der Waals surface area contributed by atoms with Crippen LogP contribution in [0.15, 0.2) is 55.1 Å². The van der Waals surface area contributed by atoms with Gasteiger partial charge in [0, 0.05) is 0 Å². The first-order valence-corrected chi connectivity index (χ1v) is 6.17. The molecule has 0 fully saturated rings. The Kier molecular flexibility index (Phi) is 3.78. The third-order valence-electron chi connectivity index (χ3n) is 3.09. The third kappa shape index (κ3) is 2.78. The second-order valence-electron chi connectivity index (χ2n) is 4.53. The van der Waals surface area contributed by atoms with Crippen molar-refractivity contribution in [1.29, 1.82) is 0 Å². The van der Waals surface area contributed by atoms with Crippen molar-refractivity contribution < 1.29 is 0 Å². The maximum Gasteiger partial charge on any atom is -0.0181 e. The summed E-state index contributed by atoms with van der Waals surface area (Å²) in [5.74, 6) is 0. The fourth-order valence-electron chi connectivity index (χ4n) is 1.96. The van der Waals surface area contributed by atoms with E-state index in [2.05, 4.69) is 69.0 Å². The molecule has 0 bridgehead atoms. The monoisotopic (exact) mass is 234 g/mol. The summed E-state index contributed by atoms with van der Waals surface area (Å²) in [5.41, 5.74) is 6.20. The summed E-state index contributed by atoms with van der Waals surface area (Å²) in [4.78, 5) is 0. The Hall–Kier alpha value is -2.08. The molecule has 0 N–H and O–H groups in total. The molecule has 0 aliphatic carbocycles. The molecule has 90 valence electrons. The zero-order valence-corrected chi connectivity index (χ0v) is 11.0. The number of hydrogen-bond donors (Lipinski definition) is 0. The van der Waals surface area contributed by atoms with Crippen LogP contribution in [0.25, 0.3) is 17.7 Å². The fraction of sp³-hybridized carbons (Fsp3) is 0.111. The molecule has 0 nitrogen and oxygen atoms in total. The summed E-state index contributed by atoms with van der Waals surface area (Å²) < 4.78 is 0. The third-order valence-corrected chi connectivity index (χ3v) is 3.09. The first-order chi connectivity index (χ1) is 8.70. The van der Waals surface area contributed by atoms with Crippen LogP contribution in [0.1, 0.15) is 29.2 Å². The number of rotatable bonds is 3. The van der Waals surface area contributed by atoms with E-state index in [-0.39, 0.29) is 0 Å². The second-order valence-corrected chi connectivity index (χ2v) is 4.53. The molecule has 0 aromatic heterocycles. The van der Waals surface area contributed by atoms with Gasteiger partial charge >= 0.3 is 0 Å². The van der Waals surface area contributed by atoms with E-state index in [1.807, 2.05) is 12.1 Å². The molecule has 0 saturated heterocycles. The van der Waals surface area contributed by atoms with Crippen molar-refractivity contribution in [3.05, 3.63) is 77.4 Å². The van der Waals surface area contributed by atoms with E-state index in [1.165, 1.54) is 27.8 Å². The highest BCUT2D eigenvalue weighted by Crippen LogP contribution is 2.20. The standard InChI is InChI=1S/C18H18/c1-4-16-7-5-6-8-18(16)13-15(3)17-11-9-14(2)10-12-17/h4-13H,1H2,2-3H3/b15-13+.